The Kier molecular flexibility index (Phi) is 6.13. The van der Waals surface area contributed by atoms with Crippen LogP contribution in [0, 0.1) is 5.82 Å². The number of rotatable bonds is 5. The van der Waals surface area contributed by atoms with E-state index in [-0.39, 0.29) is 11.8 Å². The van der Waals surface area contributed by atoms with Crippen molar-refractivity contribution in [3.8, 4) is 11.8 Å². The zero-order valence-corrected chi connectivity index (χ0v) is 19.3. The van der Waals surface area contributed by atoms with Gasteiger partial charge in [0.05, 0.1) is 6.54 Å². The van der Waals surface area contributed by atoms with Gasteiger partial charge in [0.1, 0.15) is 23.6 Å². The van der Waals surface area contributed by atoms with Crippen molar-refractivity contribution in [3.63, 3.8) is 0 Å². The highest BCUT2D eigenvalue weighted by atomic mass is 19.1. The van der Waals surface area contributed by atoms with Gasteiger partial charge in [-0.25, -0.2) is 8.78 Å². The number of anilines is 2. The fourth-order valence-corrected chi connectivity index (χ4v) is 4.42. The normalized spacial score (nSPS) is 18.1. The van der Waals surface area contributed by atoms with Crippen LogP contribution in [0.1, 0.15) is 37.8 Å². The van der Waals surface area contributed by atoms with E-state index >= 15 is 4.39 Å². The summed E-state index contributed by atoms with van der Waals surface area (Å²) in [6.45, 7) is 5.61. The summed E-state index contributed by atoms with van der Waals surface area (Å²) in [6.07, 6.45) is 8.59. The molecule has 1 saturated heterocycles. The van der Waals surface area contributed by atoms with E-state index in [2.05, 4.69) is 20.3 Å². The summed E-state index contributed by atoms with van der Waals surface area (Å²) >= 11 is 0. The zero-order valence-electron chi connectivity index (χ0n) is 19.3. The topological polar surface area (TPSA) is 62.6 Å². The number of hydrogen-bond acceptors (Lipinski definition) is 6. The number of aliphatic imine (C=N–C) groups is 1. The molecule has 6 nitrogen and oxygen atoms in total. The number of piperidine rings is 1. The van der Waals surface area contributed by atoms with Gasteiger partial charge in [0, 0.05) is 24.7 Å². The number of ether oxygens (including phenoxy) is 1. The predicted molar refractivity (Wildman–Crippen MR) is 131 cm³/mol. The first kappa shape index (κ1) is 22.3. The van der Waals surface area contributed by atoms with E-state index in [1.54, 1.807) is 12.1 Å². The molecule has 3 aliphatic rings. The number of halogens is 2. The van der Waals surface area contributed by atoms with Crippen LogP contribution < -0.4 is 15.0 Å². The molecule has 0 saturated carbocycles. The number of hydrogen-bond donors (Lipinski definition) is 1. The first-order chi connectivity index (χ1) is 16.5. The average Bonchev–Trinajstić information content (AvgIpc) is 3.42. The first-order valence-electron chi connectivity index (χ1n) is 11.6. The Morgan fingerprint density at radius 2 is 2.00 bits per heavy atom. The molecule has 5 rings (SSSR count). The Hall–Kier alpha value is -3.55. The quantitative estimate of drug-likeness (QED) is 0.623. The summed E-state index contributed by atoms with van der Waals surface area (Å²) in [6, 6.07) is 5.30. The van der Waals surface area contributed by atoms with E-state index in [1.807, 2.05) is 49.1 Å². The summed E-state index contributed by atoms with van der Waals surface area (Å²) < 4.78 is 34.7. The van der Waals surface area contributed by atoms with Gasteiger partial charge in [-0.3, -0.25) is 4.99 Å². The SMILES string of the molecule is C/C=C/C1=CC(Nc2cc(N3CCC(F)CC3)nc(Oc3ccc4c(c3F)C=C(C)C4)n2)=NC1. The van der Waals surface area contributed by atoms with Crippen LogP contribution >= 0.6 is 0 Å². The van der Waals surface area contributed by atoms with E-state index in [1.165, 1.54) is 0 Å². The minimum atomic E-state index is -0.800. The second-order valence-corrected chi connectivity index (χ2v) is 8.82. The Morgan fingerprint density at radius 3 is 2.79 bits per heavy atom. The second-order valence-electron chi connectivity index (χ2n) is 8.82. The maximum absolute atomic E-state index is 15.1. The lowest BCUT2D eigenvalue weighted by Gasteiger charge is -2.29. The number of aromatic nitrogens is 2. The molecule has 0 amide bonds. The van der Waals surface area contributed by atoms with Crippen molar-refractivity contribution in [2.45, 2.75) is 39.3 Å². The highest BCUT2D eigenvalue weighted by Gasteiger charge is 2.23. The molecule has 0 radical (unpaired) electrons. The molecule has 0 spiro atoms. The lowest BCUT2D eigenvalue weighted by Crippen LogP contribution is -2.35. The highest BCUT2D eigenvalue weighted by molar-refractivity contribution is 6.05. The molecule has 0 atom stereocenters. The van der Waals surface area contributed by atoms with E-state index in [0.29, 0.717) is 55.5 Å². The lowest BCUT2D eigenvalue weighted by atomic mass is 10.1. The van der Waals surface area contributed by atoms with Crippen LogP contribution in [0.2, 0.25) is 0 Å². The Bertz CT molecular complexity index is 1230. The van der Waals surface area contributed by atoms with E-state index in [0.717, 1.165) is 23.1 Å². The van der Waals surface area contributed by atoms with Gasteiger partial charge in [0.25, 0.3) is 0 Å². The van der Waals surface area contributed by atoms with Crippen LogP contribution in [-0.2, 0) is 6.42 Å². The molecule has 1 aliphatic carbocycles. The van der Waals surface area contributed by atoms with Crippen LogP contribution in [0.25, 0.3) is 6.08 Å². The van der Waals surface area contributed by atoms with Gasteiger partial charge in [0.15, 0.2) is 11.6 Å². The summed E-state index contributed by atoms with van der Waals surface area (Å²) in [5, 5.41) is 3.21. The van der Waals surface area contributed by atoms with Gasteiger partial charge in [-0.05, 0) is 56.4 Å². The summed E-state index contributed by atoms with van der Waals surface area (Å²) in [4.78, 5) is 15.5. The predicted octanol–water partition coefficient (Wildman–Crippen LogP) is 5.63. The smallest absolute Gasteiger partial charge is 0.326 e. The molecule has 0 bridgehead atoms. The van der Waals surface area contributed by atoms with Crippen LogP contribution in [0.3, 0.4) is 0 Å². The number of allylic oxidation sites excluding steroid dienone is 2. The molecule has 176 valence electrons. The molecule has 34 heavy (non-hydrogen) atoms. The third-order valence-electron chi connectivity index (χ3n) is 6.13. The monoisotopic (exact) mass is 463 g/mol. The molecule has 1 aromatic heterocycles. The number of amidine groups is 1. The van der Waals surface area contributed by atoms with Crippen molar-refractivity contribution >= 4 is 23.5 Å². The molecular formula is C26H27F2N5O. The average molecular weight is 464 g/mol. The van der Waals surface area contributed by atoms with E-state index in [4.69, 9.17) is 4.74 Å². The number of nitrogens with zero attached hydrogens (tertiary/aromatic N) is 4. The molecular weight excluding hydrogens is 436 g/mol. The van der Waals surface area contributed by atoms with Crippen LogP contribution in [-0.4, -0.2) is 41.6 Å². The fourth-order valence-electron chi connectivity index (χ4n) is 4.42. The molecule has 1 fully saturated rings. The molecule has 2 aromatic rings. The number of fused-ring (bicyclic) bond motifs is 1. The van der Waals surface area contributed by atoms with Crippen molar-refractivity contribution in [2.75, 3.05) is 29.9 Å². The van der Waals surface area contributed by atoms with Crippen molar-refractivity contribution in [2.24, 2.45) is 4.99 Å². The fraction of sp³-hybridized carbons (Fsp3) is 0.346. The maximum atomic E-state index is 15.1. The van der Waals surface area contributed by atoms with Gasteiger partial charge in [-0.1, -0.05) is 29.9 Å². The largest absolute Gasteiger partial charge is 0.421 e. The number of nitrogens with one attached hydrogen (secondary N) is 1. The van der Waals surface area contributed by atoms with Gasteiger partial charge in [0.2, 0.25) is 0 Å². The van der Waals surface area contributed by atoms with Gasteiger partial charge >= 0.3 is 6.01 Å². The van der Waals surface area contributed by atoms with Gasteiger partial charge in [-0.2, -0.15) is 9.97 Å². The standard InChI is InChI=1S/C26H27F2N5O/c1-3-4-17-13-22(29-15-17)30-23-14-24(33-9-7-19(27)8-10-33)32-26(31-23)34-21-6-5-18-11-16(2)12-20(18)25(21)28/h3-6,12-14,19H,7-11,15H2,1-2H3,(H,29,30,31,32)/b4-3+. The van der Waals surface area contributed by atoms with Crippen LogP contribution in [0.5, 0.6) is 11.8 Å². The summed E-state index contributed by atoms with van der Waals surface area (Å²) in [5.74, 6) is 1.42. The Balaban J connectivity index is 1.45. The maximum Gasteiger partial charge on any atom is 0.326 e. The zero-order chi connectivity index (χ0) is 23.7. The molecule has 8 heteroatoms. The lowest BCUT2D eigenvalue weighted by molar-refractivity contribution is 0.276. The van der Waals surface area contributed by atoms with Gasteiger partial charge < -0.3 is 15.0 Å². The van der Waals surface area contributed by atoms with Gasteiger partial charge in [-0.15, -0.1) is 0 Å². The van der Waals surface area contributed by atoms with Crippen molar-refractivity contribution in [3.05, 3.63) is 64.5 Å². The van der Waals surface area contributed by atoms with Crippen LogP contribution in [0.4, 0.5) is 20.4 Å². The van der Waals surface area contributed by atoms with Crippen molar-refractivity contribution in [1.82, 2.24) is 9.97 Å². The molecule has 1 aromatic carbocycles. The molecule has 0 unspecified atom stereocenters. The third kappa shape index (κ3) is 4.71. The minimum Gasteiger partial charge on any atom is -0.421 e. The Morgan fingerprint density at radius 1 is 1.18 bits per heavy atom. The van der Waals surface area contributed by atoms with E-state index < -0.39 is 12.0 Å². The number of alkyl halides is 1. The van der Waals surface area contributed by atoms with Crippen molar-refractivity contribution in [1.29, 1.82) is 0 Å². The molecule has 3 heterocycles. The first-order valence-corrected chi connectivity index (χ1v) is 11.6. The third-order valence-corrected chi connectivity index (χ3v) is 6.13. The minimum absolute atomic E-state index is 0.0242. The van der Waals surface area contributed by atoms with Crippen molar-refractivity contribution < 1.29 is 13.5 Å². The van der Waals surface area contributed by atoms with E-state index in [9.17, 15) is 4.39 Å². The van der Waals surface area contributed by atoms with Crippen LogP contribution in [0.15, 0.2) is 52.6 Å². The molecule has 1 N–H and O–H groups in total. The molecule has 2 aliphatic heterocycles. The summed E-state index contributed by atoms with van der Waals surface area (Å²) in [7, 11) is 0. The summed E-state index contributed by atoms with van der Waals surface area (Å²) in [5.41, 5.74) is 3.69. The number of benzene rings is 1. The Labute approximate surface area is 197 Å². The highest BCUT2D eigenvalue weighted by Crippen LogP contribution is 2.34. The second kappa shape index (κ2) is 9.37.